The van der Waals surface area contributed by atoms with Gasteiger partial charge in [-0.25, -0.2) is 0 Å². The van der Waals surface area contributed by atoms with Crippen LogP contribution >= 0.6 is 22.7 Å². The molecule has 0 aliphatic carbocycles. The molecule has 0 atom stereocenters. The average Bonchev–Trinajstić information content (AvgIpc) is 1.19. The summed E-state index contributed by atoms with van der Waals surface area (Å²) < 4.78 is 5.04. The first-order valence-electron chi connectivity index (χ1n) is 37.0. The molecule has 0 aliphatic heterocycles. The highest BCUT2D eigenvalue weighted by Crippen LogP contribution is 2.52. The molecule has 2 nitrogen and oxygen atoms in total. The van der Waals surface area contributed by atoms with Crippen molar-refractivity contribution in [2.75, 3.05) is 9.80 Å². The van der Waals surface area contributed by atoms with Gasteiger partial charge in [0.05, 0.1) is 32.1 Å². The zero-order valence-corrected chi connectivity index (χ0v) is 60.4. The second-order valence-electron chi connectivity index (χ2n) is 28.2. The van der Waals surface area contributed by atoms with Crippen molar-refractivity contribution in [3.05, 3.63) is 400 Å². The topological polar surface area (TPSA) is 6.48 Å². The fraction of sp³-hybridized carbons (Fsp3) is 0. The Morgan fingerprint density at radius 3 is 1.09 bits per heavy atom. The van der Waals surface area contributed by atoms with E-state index in [9.17, 15) is 0 Å². The highest BCUT2D eigenvalue weighted by atomic mass is 32.1. The summed E-state index contributed by atoms with van der Waals surface area (Å²) in [5.74, 6) is 0. The quantitative estimate of drug-likeness (QED) is 0.106. The molecule has 0 fully saturated rings. The zero-order chi connectivity index (χ0) is 71.2. The predicted molar refractivity (Wildman–Crippen MR) is 467 cm³/mol. The van der Waals surface area contributed by atoms with Crippen LogP contribution in [0.15, 0.2) is 400 Å². The molecule has 0 saturated carbocycles. The molecule has 504 valence electrons. The van der Waals surface area contributed by atoms with Gasteiger partial charge in [-0.2, -0.15) is 0 Å². The van der Waals surface area contributed by atoms with Crippen LogP contribution in [-0.4, -0.2) is 0 Å². The van der Waals surface area contributed by atoms with Crippen LogP contribution in [0.4, 0.5) is 34.1 Å². The van der Waals surface area contributed by atoms with Crippen LogP contribution in [0.25, 0.3) is 172 Å². The molecular formula is C104H66N2S2. The Balaban J connectivity index is 0.670. The van der Waals surface area contributed by atoms with E-state index in [-0.39, 0.29) is 0 Å². The van der Waals surface area contributed by atoms with E-state index in [1.807, 2.05) is 22.7 Å². The molecule has 21 aromatic rings. The second kappa shape index (κ2) is 26.3. The summed E-state index contributed by atoms with van der Waals surface area (Å²) in [5.41, 5.74) is 22.9. The first-order valence-corrected chi connectivity index (χ1v) is 38.6. The Bertz CT molecular complexity index is 7120. The summed E-state index contributed by atoms with van der Waals surface area (Å²) in [6.45, 7) is 0. The van der Waals surface area contributed by atoms with Crippen LogP contribution in [0.2, 0.25) is 0 Å². The minimum Gasteiger partial charge on any atom is -0.308 e. The summed E-state index contributed by atoms with van der Waals surface area (Å²) >= 11 is 3.74. The van der Waals surface area contributed by atoms with Gasteiger partial charge >= 0.3 is 0 Å². The molecule has 0 bridgehead atoms. The Hall–Kier alpha value is -13.5. The van der Waals surface area contributed by atoms with Crippen molar-refractivity contribution in [2.45, 2.75) is 0 Å². The number of benzene rings is 19. The van der Waals surface area contributed by atoms with Gasteiger partial charge < -0.3 is 9.80 Å². The van der Waals surface area contributed by atoms with Crippen molar-refractivity contribution in [1.29, 1.82) is 0 Å². The summed E-state index contributed by atoms with van der Waals surface area (Å²) in [4.78, 5) is 5.05. The first kappa shape index (κ1) is 63.0. The fourth-order valence-electron chi connectivity index (χ4n) is 17.0. The number of para-hydroxylation sites is 2. The molecule has 0 aliphatic rings. The predicted octanol–water partition coefficient (Wildman–Crippen LogP) is 30.8. The number of thiophene rings is 2. The van der Waals surface area contributed by atoms with Crippen LogP contribution < -0.4 is 9.80 Å². The van der Waals surface area contributed by atoms with Gasteiger partial charge in [0, 0.05) is 53.4 Å². The summed E-state index contributed by atoms with van der Waals surface area (Å²) in [7, 11) is 0. The fourth-order valence-corrected chi connectivity index (χ4v) is 19.4. The van der Waals surface area contributed by atoms with Crippen LogP contribution in [0.5, 0.6) is 0 Å². The van der Waals surface area contributed by atoms with Gasteiger partial charge in [0.2, 0.25) is 0 Å². The van der Waals surface area contributed by atoms with Crippen LogP contribution in [0, 0.1) is 0 Å². The third kappa shape index (κ3) is 10.8. The van der Waals surface area contributed by atoms with Gasteiger partial charge in [-0.3, -0.25) is 0 Å². The maximum Gasteiger partial charge on any atom is 0.0640 e. The van der Waals surface area contributed by atoms with E-state index in [4.69, 9.17) is 0 Å². The van der Waals surface area contributed by atoms with Crippen molar-refractivity contribution >= 4 is 151 Å². The zero-order valence-electron chi connectivity index (χ0n) is 58.8. The molecule has 0 N–H and O–H groups in total. The minimum absolute atomic E-state index is 1.07. The number of fused-ring (bicyclic) bond motifs is 14. The third-order valence-electron chi connectivity index (χ3n) is 22.0. The summed E-state index contributed by atoms with van der Waals surface area (Å²) in [6.07, 6.45) is 0. The number of hydrogen-bond donors (Lipinski definition) is 0. The molecule has 0 amide bonds. The van der Waals surface area contributed by atoms with Gasteiger partial charge in [-0.15, -0.1) is 22.7 Å². The molecule has 21 rings (SSSR count). The van der Waals surface area contributed by atoms with E-state index in [1.165, 1.54) is 111 Å². The molecule has 0 spiro atoms. The smallest absolute Gasteiger partial charge is 0.0640 e. The van der Waals surface area contributed by atoms with Crippen molar-refractivity contribution in [1.82, 2.24) is 0 Å². The Labute approximate surface area is 634 Å². The average molecular weight is 1410 g/mol. The number of anilines is 6. The molecule has 0 unspecified atom stereocenters. The Morgan fingerprint density at radius 2 is 0.500 bits per heavy atom. The van der Waals surface area contributed by atoms with Crippen molar-refractivity contribution in [2.24, 2.45) is 0 Å². The largest absolute Gasteiger partial charge is 0.308 e. The van der Waals surface area contributed by atoms with E-state index in [2.05, 4.69) is 410 Å². The molecule has 2 heterocycles. The van der Waals surface area contributed by atoms with Crippen LogP contribution in [-0.2, 0) is 0 Å². The van der Waals surface area contributed by atoms with Gasteiger partial charge in [0.15, 0.2) is 0 Å². The lowest BCUT2D eigenvalue weighted by Crippen LogP contribution is -2.12. The molecule has 0 radical (unpaired) electrons. The maximum atomic E-state index is 2.53. The molecule has 4 heteroatoms. The Morgan fingerprint density at radius 1 is 0.157 bits per heavy atom. The van der Waals surface area contributed by atoms with E-state index >= 15 is 0 Å². The van der Waals surface area contributed by atoms with E-state index in [1.54, 1.807) is 0 Å². The molecular weight excluding hydrogens is 1340 g/mol. The molecule has 108 heavy (non-hydrogen) atoms. The molecule has 0 saturated heterocycles. The monoisotopic (exact) mass is 1410 g/mol. The van der Waals surface area contributed by atoms with Gasteiger partial charge in [0.1, 0.15) is 0 Å². The Kier molecular flexibility index (Phi) is 15.3. The SMILES string of the molecule is c1ccc(-c2cc(-c3cccc(-c4ccc5c(-c6cccc(-c7ccccc7N(c7ccc8c9ccccc9c9ccccc9c8c7)c7cccc8c7sc7ccccc78)c6)cccc5c4)c3)cc(N(c3ccccc3-c3cccc(-c4cccc5ccccc45)c3)c3cccc4c3sc3ccccc34)c2)cc1. The lowest BCUT2D eigenvalue weighted by atomic mass is 9.91. The van der Waals surface area contributed by atoms with E-state index in [0.29, 0.717) is 0 Å². The first-order chi connectivity index (χ1) is 53.5. The van der Waals surface area contributed by atoms with E-state index in [0.717, 1.165) is 95.3 Å². The normalized spacial score (nSPS) is 11.7. The highest BCUT2D eigenvalue weighted by Gasteiger charge is 2.26. The lowest BCUT2D eigenvalue weighted by Gasteiger charge is -2.29. The van der Waals surface area contributed by atoms with Crippen molar-refractivity contribution < 1.29 is 0 Å². The van der Waals surface area contributed by atoms with Crippen LogP contribution in [0.3, 0.4) is 0 Å². The lowest BCUT2D eigenvalue weighted by molar-refractivity contribution is 1.30. The van der Waals surface area contributed by atoms with Gasteiger partial charge in [0.25, 0.3) is 0 Å². The second-order valence-corrected chi connectivity index (χ2v) is 30.3. The van der Waals surface area contributed by atoms with Crippen molar-refractivity contribution in [3.8, 4) is 77.9 Å². The summed E-state index contributed by atoms with van der Waals surface area (Å²) in [6, 6.07) is 149. The van der Waals surface area contributed by atoms with Crippen LogP contribution in [0.1, 0.15) is 0 Å². The number of nitrogens with zero attached hydrogens (tertiary/aromatic N) is 2. The minimum atomic E-state index is 1.07. The number of hydrogen-bond acceptors (Lipinski definition) is 4. The van der Waals surface area contributed by atoms with Crippen molar-refractivity contribution in [3.63, 3.8) is 0 Å². The standard InChI is InChI=1S/C104H66N2S2/c1-2-25-67(26-3-1)77-63-78(65-80(64-77)106(100-52-24-48-95-93-44-13-17-54-102(93)108-104(95)100)98-50-15-11-38-86(98)76-34-19-31-73(61-76)82-45-21-28-68-27-4-5-36-81(68)82)70-30-18-29-69(59-70)71-55-57-84-72(60-71)35-22-46-83(84)74-32-20-33-75(62-74)85-37-10-14-49-97(85)105(99-51-23-47-94-92-43-12-16-53-101(92)107-103(94)99)79-56-58-91-89-41-7-6-39-87(89)88-40-8-9-42-90(88)96(91)66-79/h1-66H. The van der Waals surface area contributed by atoms with Gasteiger partial charge in [-0.05, 0) is 212 Å². The molecule has 19 aromatic carbocycles. The van der Waals surface area contributed by atoms with E-state index < -0.39 is 0 Å². The molecule has 2 aromatic heterocycles. The summed E-state index contributed by atoms with van der Waals surface area (Å²) in [5, 5.41) is 17.4. The maximum absolute atomic E-state index is 2.53. The third-order valence-corrected chi connectivity index (χ3v) is 24.4. The van der Waals surface area contributed by atoms with Gasteiger partial charge in [-0.1, -0.05) is 309 Å². The highest BCUT2D eigenvalue weighted by molar-refractivity contribution is 7.26. The number of rotatable bonds is 13.